The van der Waals surface area contributed by atoms with Crippen molar-refractivity contribution in [3.8, 4) is 0 Å². The molecule has 2 rings (SSSR count). The van der Waals surface area contributed by atoms with Gasteiger partial charge in [-0.25, -0.2) is 0 Å². The molecular formula is C10H15N2+. The second-order valence-corrected chi connectivity index (χ2v) is 3.47. The van der Waals surface area contributed by atoms with Crippen LogP contribution in [0.3, 0.4) is 0 Å². The third-order valence-corrected chi connectivity index (χ3v) is 2.58. The van der Waals surface area contributed by atoms with Gasteiger partial charge in [0.1, 0.15) is 0 Å². The number of hydrogen-bond acceptors (Lipinski definition) is 1. The van der Waals surface area contributed by atoms with Gasteiger partial charge < -0.3 is 0 Å². The Bertz CT molecular complexity index is 227. The Morgan fingerprint density at radius 1 is 1.08 bits per heavy atom. The zero-order chi connectivity index (χ0) is 8.23. The van der Waals surface area contributed by atoms with Gasteiger partial charge in [0.05, 0.1) is 6.20 Å². The first-order chi connectivity index (χ1) is 5.97. The van der Waals surface area contributed by atoms with Gasteiger partial charge in [-0.05, 0) is 24.0 Å². The van der Waals surface area contributed by atoms with E-state index in [0.29, 0.717) is 6.04 Å². The lowest BCUT2D eigenvalue weighted by molar-refractivity contribution is -0.779. The molecule has 12 heavy (non-hydrogen) atoms. The average molecular weight is 163 g/mol. The predicted octanol–water partition coefficient (Wildman–Crippen LogP) is 1.87. The van der Waals surface area contributed by atoms with E-state index in [4.69, 9.17) is 0 Å². The van der Waals surface area contributed by atoms with E-state index in [-0.39, 0.29) is 0 Å². The highest BCUT2D eigenvalue weighted by molar-refractivity contribution is 4.77. The molecule has 0 unspecified atom stereocenters. The van der Waals surface area contributed by atoms with Crippen LogP contribution >= 0.6 is 0 Å². The summed E-state index contributed by atoms with van der Waals surface area (Å²) in [4.78, 5) is 0. The minimum atomic E-state index is 0.667. The van der Waals surface area contributed by atoms with E-state index in [2.05, 4.69) is 22.0 Å². The van der Waals surface area contributed by atoms with Crippen LogP contribution in [0.15, 0.2) is 24.5 Å². The first kappa shape index (κ1) is 7.71. The zero-order valence-corrected chi connectivity index (χ0v) is 7.32. The van der Waals surface area contributed by atoms with Crippen molar-refractivity contribution in [2.45, 2.75) is 38.1 Å². The van der Waals surface area contributed by atoms with Crippen LogP contribution in [0.4, 0.5) is 0 Å². The van der Waals surface area contributed by atoms with Gasteiger partial charge in [-0.3, -0.25) is 0 Å². The van der Waals surface area contributed by atoms with Gasteiger partial charge >= 0.3 is 0 Å². The van der Waals surface area contributed by atoms with Gasteiger partial charge in [0.2, 0.25) is 0 Å². The van der Waals surface area contributed by atoms with Crippen LogP contribution in [0.5, 0.6) is 0 Å². The molecule has 0 aromatic carbocycles. The predicted molar refractivity (Wildman–Crippen MR) is 46.6 cm³/mol. The summed E-state index contributed by atoms with van der Waals surface area (Å²) in [7, 11) is 0. The molecule has 0 amide bonds. The standard InChI is InChI=1S/C10H15N2/c1-2-6-10(7-3-1)12-9-5-4-8-11-12/h4-5,8-10H,1-3,6-7H2/q+1. The van der Waals surface area contributed by atoms with Crippen molar-refractivity contribution in [2.75, 3.05) is 0 Å². The molecule has 0 aliphatic heterocycles. The summed E-state index contributed by atoms with van der Waals surface area (Å²) in [6, 6.07) is 4.70. The average Bonchev–Trinajstić information content (AvgIpc) is 2.21. The molecular weight excluding hydrogens is 148 g/mol. The second kappa shape index (κ2) is 3.65. The van der Waals surface area contributed by atoms with Crippen molar-refractivity contribution >= 4 is 0 Å². The quantitative estimate of drug-likeness (QED) is 0.577. The Labute approximate surface area is 73.2 Å². The number of rotatable bonds is 1. The molecule has 1 saturated carbocycles. The lowest BCUT2D eigenvalue weighted by Gasteiger charge is -2.14. The van der Waals surface area contributed by atoms with E-state index < -0.39 is 0 Å². The maximum atomic E-state index is 4.32. The van der Waals surface area contributed by atoms with E-state index >= 15 is 0 Å². The fraction of sp³-hybridized carbons (Fsp3) is 0.600. The summed E-state index contributed by atoms with van der Waals surface area (Å²) in [5.74, 6) is 0. The van der Waals surface area contributed by atoms with Crippen LogP contribution in [0.25, 0.3) is 0 Å². The van der Waals surface area contributed by atoms with Crippen LogP contribution < -0.4 is 4.68 Å². The molecule has 64 valence electrons. The highest BCUT2D eigenvalue weighted by atomic mass is 15.3. The maximum Gasteiger partial charge on any atom is 0.196 e. The lowest BCUT2D eigenvalue weighted by atomic mass is 9.96. The molecule has 1 aliphatic carbocycles. The zero-order valence-electron chi connectivity index (χ0n) is 7.32. The van der Waals surface area contributed by atoms with Crippen molar-refractivity contribution in [1.82, 2.24) is 5.10 Å². The van der Waals surface area contributed by atoms with E-state index in [0.717, 1.165) is 0 Å². The summed E-state index contributed by atoms with van der Waals surface area (Å²) in [5.41, 5.74) is 0. The van der Waals surface area contributed by atoms with Crippen molar-refractivity contribution < 1.29 is 4.68 Å². The lowest BCUT2D eigenvalue weighted by Crippen LogP contribution is -2.43. The molecule has 0 radical (unpaired) electrons. The largest absolute Gasteiger partial charge is 0.196 e. The van der Waals surface area contributed by atoms with Crippen LogP contribution in [-0.2, 0) is 0 Å². The molecule has 1 aromatic rings. The summed E-state index contributed by atoms with van der Waals surface area (Å²) in [5, 5.41) is 4.32. The van der Waals surface area contributed by atoms with Gasteiger partial charge in [0, 0.05) is 18.9 Å². The number of aromatic nitrogens is 2. The van der Waals surface area contributed by atoms with Gasteiger partial charge in [-0.15, -0.1) is 0 Å². The molecule has 0 N–H and O–H groups in total. The highest BCUT2D eigenvalue weighted by Gasteiger charge is 2.22. The van der Waals surface area contributed by atoms with E-state index in [1.54, 1.807) is 0 Å². The van der Waals surface area contributed by atoms with Crippen molar-refractivity contribution in [3.05, 3.63) is 24.5 Å². The fourth-order valence-corrected chi connectivity index (χ4v) is 1.90. The van der Waals surface area contributed by atoms with Gasteiger partial charge in [0.25, 0.3) is 0 Å². The van der Waals surface area contributed by atoms with E-state index in [1.807, 2.05) is 12.3 Å². The molecule has 1 fully saturated rings. The third-order valence-electron chi connectivity index (χ3n) is 2.58. The molecule has 1 heterocycles. The van der Waals surface area contributed by atoms with Crippen molar-refractivity contribution in [1.29, 1.82) is 0 Å². The molecule has 0 saturated heterocycles. The fourth-order valence-electron chi connectivity index (χ4n) is 1.90. The monoisotopic (exact) mass is 163 g/mol. The summed E-state index contributed by atoms with van der Waals surface area (Å²) in [6.45, 7) is 0. The van der Waals surface area contributed by atoms with Gasteiger partial charge in [0.15, 0.2) is 12.2 Å². The van der Waals surface area contributed by atoms with Gasteiger partial charge in [-0.2, -0.15) is 0 Å². The van der Waals surface area contributed by atoms with Gasteiger partial charge in [-0.1, -0.05) is 11.1 Å². The Kier molecular flexibility index (Phi) is 2.35. The molecule has 2 heteroatoms. The van der Waals surface area contributed by atoms with Crippen LogP contribution in [-0.4, -0.2) is 5.10 Å². The Balaban J connectivity index is 2.08. The topological polar surface area (TPSA) is 16.8 Å². The van der Waals surface area contributed by atoms with Crippen LogP contribution in [0, 0.1) is 0 Å². The minimum absolute atomic E-state index is 0.667. The normalized spacial score (nSPS) is 19.3. The van der Waals surface area contributed by atoms with Crippen LogP contribution in [0.1, 0.15) is 38.1 Å². The Hall–Kier alpha value is -0.920. The summed E-state index contributed by atoms with van der Waals surface area (Å²) in [6.07, 6.45) is 10.7. The number of hydrogen-bond donors (Lipinski definition) is 0. The first-order valence-corrected chi connectivity index (χ1v) is 4.79. The Morgan fingerprint density at radius 3 is 2.58 bits per heavy atom. The molecule has 0 atom stereocenters. The molecule has 1 aliphatic rings. The van der Waals surface area contributed by atoms with E-state index in [9.17, 15) is 0 Å². The summed E-state index contributed by atoms with van der Waals surface area (Å²) >= 11 is 0. The molecule has 2 nitrogen and oxygen atoms in total. The van der Waals surface area contributed by atoms with Crippen molar-refractivity contribution in [3.63, 3.8) is 0 Å². The molecule has 0 bridgehead atoms. The van der Waals surface area contributed by atoms with Crippen molar-refractivity contribution in [2.24, 2.45) is 0 Å². The first-order valence-electron chi connectivity index (χ1n) is 4.79. The SMILES string of the molecule is c1cc[n+](C2CCCCC2)nc1. The Morgan fingerprint density at radius 2 is 1.92 bits per heavy atom. The third kappa shape index (κ3) is 1.63. The number of nitrogens with zero attached hydrogens (tertiary/aromatic N) is 2. The molecule has 1 aromatic heterocycles. The second-order valence-electron chi connectivity index (χ2n) is 3.47. The van der Waals surface area contributed by atoms with Crippen LogP contribution in [0.2, 0.25) is 0 Å². The minimum Gasteiger partial charge on any atom is -0.0887 e. The maximum absolute atomic E-state index is 4.32. The van der Waals surface area contributed by atoms with E-state index in [1.165, 1.54) is 32.1 Å². The smallest absolute Gasteiger partial charge is 0.0887 e. The highest BCUT2D eigenvalue weighted by Crippen LogP contribution is 2.22. The summed E-state index contributed by atoms with van der Waals surface area (Å²) < 4.78 is 2.11. The molecule has 0 spiro atoms.